The first-order valence-corrected chi connectivity index (χ1v) is 7.00. The summed E-state index contributed by atoms with van der Waals surface area (Å²) in [6.45, 7) is 2.15. The Morgan fingerprint density at radius 2 is 2.32 bits per heavy atom. The van der Waals surface area contributed by atoms with Crippen molar-refractivity contribution in [2.24, 2.45) is 17.8 Å². The zero-order valence-electron chi connectivity index (χ0n) is 11.1. The van der Waals surface area contributed by atoms with Crippen LogP contribution in [0.1, 0.15) is 32.6 Å². The van der Waals surface area contributed by atoms with Crippen LogP contribution in [0.15, 0.2) is 18.5 Å². The number of nitrogens with one attached hydrogen (secondary N) is 1. The Hall–Kier alpha value is -1.65. The van der Waals surface area contributed by atoms with E-state index in [2.05, 4.69) is 17.2 Å². The summed E-state index contributed by atoms with van der Waals surface area (Å²) in [4.78, 5) is 14.4. The SMILES string of the molecule is CC(Nc1ccncc1[N+](=O)[O-])C1CC2CCC1C2. The molecule has 2 aliphatic rings. The number of hydrogen-bond acceptors (Lipinski definition) is 4. The Balaban J connectivity index is 1.73. The Bertz CT molecular complexity index is 491. The standard InChI is InChI=1S/C14H19N3O2/c1-9(12-7-10-2-3-11(12)6-10)16-13-4-5-15-8-14(13)17(18)19/h4-5,8-12H,2-3,6-7H2,1H3,(H,15,16). The number of rotatable bonds is 4. The summed E-state index contributed by atoms with van der Waals surface area (Å²) < 4.78 is 0. The Kier molecular flexibility index (Phi) is 3.12. The van der Waals surface area contributed by atoms with Gasteiger partial charge < -0.3 is 5.32 Å². The maximum Gasteiger partial charge on any atom is 0.310 e. The van der Waals surface area contributed by atoms with E-state index >= 15 is 0 Å². The molecule has 0 saturated heterocycles. The second kappa shape index (κ2) is 4.79. The summed E-state index contributed by atoms with van der Waals surface area (Å²) >= 11 is 0. The van der Waals surface area contributed by atoms with Gasteiger partial charge in [-0.2, -0.15) is 0 Å². The van der Waals surface area contributed by atoms with Gasteiger partial charge in [0.1, 0.15) is 11.9 Å². The van der Waals surface area contributed by atoms with Gasteiger partial charge in [-0.25, -0.2) is 0 Å². The van der Waals surface area contributed by atoms with E-state index in [1.807, 2.05) is 0 Å². The molecule has 0 radical (unpaired) electrons. The number of nitrogens with zero attached hydrogens (tertiary/aromatic N) is 2. The summed E-state index contributed by atoms with van der Waals surface area (Å²) in [6.07, 6.45) is 8.26. The quantitative estimate of drug-likeness (QED) is 0.667. The first-order valence-electron chi connectivity index (χ1n) is 7.00. The molecule has 2 fully saturated rings. The number of nitro groups is 1. The van der Waals surface area contributed by atoms with Crippen molar-refractivity contribution >= 4 is 11.4 Å². The van der Waals surface area contributed by atoms with Crippen LogP contribution >= 0.6 is 0 Å². The molecule has 5 nitrogen and oxygen atoms in total. The lowest BCUT2D eigenvalue weighted by atomic mass is 9.84. The molecule has 102 valence electrons. The minimum atomic E-state index is -0.372. The Labute approximate surface area is 112 Å². The van der Waals surface area contributed by atoms with Crippen LogP contribution < -0.4 is 5.32 Å². The summed E-state index contributed by atoms with van der Waals surface area (Å²) in [7, 11) is 0. The van der Waals surface area contributed by atoms with E-state index in [-0.39, 0.29) is 16.7 Å². The maximum atomic E-state index is 11.0. The number of fused-ring (bicyclic) bond motifs is 2. The van der Waals surface area contributed by atoms with E-state index in [0.29, 0.717) is 11.6 Å². The maximum absolute atomic E-state index is 11.0. The zero-order chi connectivity index (χ0) is 13.4. The largest absolute Gasteiger partial charge is 0.377 e. The molecule has 1 aromatic rings. The molecule has 0 aliphatic heterocycles. The minimum absolute atomic E-state index is 0.0671. The smallest absolute Gasteiger partial charge is 0.310 e. The minimum Gasteiger partial charge on any atom is -0.377 e. The third-order valence-corrected chi connectivity index (χ3v) is 4.81. The Morgan fingerprint density at radius 1 is 1.47 bits per heavy atom. The second-order valence-electron chi connectivity index (χ2n) is 5.92. The molecule has 2 aliphatic carbocycles. The molecule has 1 heterocycles. The highest BCUT2D eigenvalue weighted by molar-refractivity contribution is 5.60. The highest BCUT2D eigenvalue weighted by Crippen LogP contribution is 2.50. The molecule has 4 atom stereocenters. The van der Waals surface area contributed by atoms with Gasteiger partial charge in [-0.3, -0.25) is 15.1 Å². The van der Waals surface area contributed by atoms with E-state index in [1.54, 1.807) is 12.3 Å². The lowest BCUT2D eigenvalue weighted by Crippen LogP contribution is -2.30. The highest BCUT2D eigenvalue weighted by Gasteiger charge is 2.42. The fourth-order valence-electron chi connectivity index (χ4n) is 3.91. The molecule has 1 aromatic heterocycles. The molecule has 3 rings (SSSR count). The van der Waals surface area contributed by atoms with Crippen molar-refractivity contribution in [3.63, 3.8) is 0 Å². The second-order valence-corrected chi connectivity index (χ2v) is 5.92. The van der Waals surface area contributed by atoms with Crippen molar-refractivity contribution in [3.05, 3.63) is 28.6 Å². The fraction of sp³-hybridized carbons (Fsp3) is 0.643. The average molecular weight is 261 g/mol. The monoisotopic (exact) mass is 261 g/mol. The highest BCUT2D eigenvalue weighted by atomic mass is 16.6. The summed E-state index contributed by atoms with van der Waals surface area (Å²) in [5.41, 5.74) is 0.660. The zero-order valence-corrected chi connectivity index (χ0v) is 11.1. The first-order chi connectivity index (χ1) is 9.15. The van der Waals surface area contributed by atoms with Crippen LogP contribution in [0.4, 0.5) is 11.4 Å². The van der Waals surface area contributed by atoms with Crippen LogP contribution in [0.2, 0.25) is 0 Å². The van der Waals surface area contributed by atoms with Crippen molar-refractivity contribution < 1.29 is 4.92 Å². The van der Waals surface area contributed by atoms with E-state index in [9.17, 15) is 10.1 Å². The number of hydrogen-bond donors (Lipinski definition) is 1. The normalized spacial score (nSPS) is 30.3. The van der Waals surface area contributed by atoms with Crippen LogP contribution in [-0.2, 0) is 0 Å². The van der Waals surface area contributed by atoms with Crippen LogP contribution in [0.5, 0.6) is 0 Å². The lowest BCUT2D eigenvalue weighted by molar-refractivity contribution is -0.384. The fourth-order valence-corrected chi connectivity index (χ4v) is 3.91. The third kappa shape index (κ3) is 2.29. The topological polar surface area (TPSA) is 68.1 Å². The molecule has 4 unspecified atom stereocenters. The van der Waals surface area contributed by atoms with E-state index in [4.69, 9.17) is 0 Å². The van der Waals surface area contributed by atoms with Crippen molar-refractivity contribution in [3.8, 4) is 0 Å². The van der Waals surface area contributed by atoms with Crippen LogP contribution in [0.25, 0.3) is 0 Å². The van der Waals surface area contributed by atoms with Gasteiger partial charge in [-0.15, -0.1) is 0 Å². The van der Waals surface area contributed by atoms with Crippen molar-refractivity contribution in [1.82, 2.24) is 4.98 Å². The molecule has 0 spiro atoms. The van der Waals surface area contributed by atoms with Gasteiger partial charge in [-0.1, -0.05) is 6.42 Å². The third-order valence-electron chi connectivity index (χ3n) is 4.81. The molecular formula is C14H19N3O2. The van der Waals surface area contributed by atoms with Crippen molar-refractivity contribution in [2.75, 3.05) is 5.32 Å². The Morgan fingerprint density at radius 3 is 2.95 bits per heavy atom. The molecule has 2 bridgehead atoms. The van der Waals surface area contributed by atoms with Gasteiger partial charge in [0, 0.05) is 12.2 Å². The van der Waals surface area contributed by atoms with Gasteiger partial charge in [-0.05, 0) is 50.0 Å². The van der Waals surface area contributed by atoms with E-state index in [1.165, 1.54) is 31.9 Å². The number of pyridine rings is 1. The van der Waals surface area contributed by atoms with Crippen LogP contribution in [0.3, 0.4) is 0 Å². The molecule has 5 heteroatoms. The van der Waals surface area contributed by atoms with Gasteiger partial charge >= 0.3 is 5.69 Å². The summed E-state index contributed by atoms with van der Waals surface area (Å²) in [5, 5.41) is 14.3. The predicted octanol–water partition coefficient (Wildman–Crippen LogP) is 3.23. The number of aromatic nitrogens is 1. The van der Waals surface area contributed by atoms with Crippen molar-refractivity contribution in [2.45, 2.75) is 38.6 Å². The molecule has 1 N–H and O–H groups in total. The predicted molar refractivity (Wildman–Crippen MR) is 72.9 cm³/mol. The first kappa shape index (κ1) is 12.4. The lowest BCUT2D eigenvalue weighted by Gasteiger charge is -2.29. The van der Waals surface area contributed by atoms with E-state index in [0.717, 1.165) is 11.8 Å². The van der Waals surface area contributed by atoms with Gasteiger partial charge in [0.2, 0.25) is 0 Å². The molecule has 0 amide bonds. The summed E-state index contributed by atoms with van der Waals surface area (Å²) in [6, 6.07) is 1.98. The van der Waals surface area contributed by atoms with Crippen LogP contribution in [0, 0.1) is 27.9 Å². The van der Waals surface area contributed by atoms with Gasteiger partial charge in [0.25, 0.3) is 0 Å². The molecular weight excluding hydrogens is 242 g/mol. The number of anilines is 1. The molecule has 19 heavy (non-hydrogen) atoms. The van der Waals surface area contributed by atoms with Crippen molar-refractivity contribution in [1.29, 1.82) is 0 Å². The van der Waals surface area contributed by atoms with Gasteiger partial charge in [0.05, 0.1) is 4.92 Å². The molecule has 0 aromatic carbocycles. The summed E-state index contributed by atoms with van der Waals surface area (Å²) in [5.74, 6) is 2.37. The van der Waals surface area contributed by atoms with Gasteiger partial charge in [0.15, 0.2) is 0 Å². The van der Waals surface area contributed by atoms with E-state index < -0.39 is 0 Å². The molecule has 2 saturated carbocycles. The van der Waals surface area contributed by atoms with Crippen LogP contribution in [-0.4, -0.2) is 15.9 Å². The average Bonchev–Trinajstić information content (AvgIpc) is 3.01.